The standard InChI is InChI=1S/C21H36/c1-3-5-6-7-11-19-12-8-13-20(19)14-9-16-21(15-4-2)17-10-18-21/h6-7,9,14,19-20H,3-5,8,10-13,15-18H2,1-2H3/t19-,20+/m0/s1. The van der Waals surface area contributed by atoms with Crippen molar-refractivity contribution in [2.45, 2.75) is 90.9 Å². The Morgan fingerprint density at radius 2 is 1.81 bits per heavy atom. The molecule has 0 radical (unpaired) electrons. The second-order valence-corrected chi connectivity index (χ2v) is 7.59. The summed E-state index contributed by atoms with van der Waals surface area (Å²) in [7, 11) is 0. The molecule has 0 nitrogen and oxygen atoms in total. The van der Waals surface area contributed by atoms with E-state index < -0.39 is 0 Å². The van der Waals surface area contributed by atoms with Crippen molar-refractivity contribution in [2.24, 2.45) is 17.3 Å². The first-order valence-electron chi connectivity index (χ1n) is 9.61. The SMILES string of the molecule is CCCC=CC[C@H]1CCC[C@@H]1C=CCC1(CCC)CCC1. The van der Waals surface area contributed by atoms with Crippen molar-refractivity contribution in [1.82, 2.24) is 0 Å². The van der Waals surface area contributed by atoms with Crippen molar-refractivity contribution in [3.63, 3.8) is 0 Å². The molecule has 0 saturated heterocycles. The molecule has 0 aromatic carbocycles. The van der Waals surface area contributed by atoms with Crippen molar-refractivity contribution in [3.05, 3.63) is 24.3 Å². The van der Waals surface area contributed by atoms with Gasteiger partial charge in [0.25, 0.3) is 0 Å². The van der Waals surface area contributed by atoms with Crippen molar-refractivity contribution in [2.75, 3.05) is 0 Å². The van der Waals surface area contributed by atoms with E-state index in [1.807, 2.05) is 0 Å². The molecule has 2 atom stereocenters. The van der Waals surface area contributed by atoms with Crippen LogP contribution in [0.15, 0.2) is 24.3 Å². The molecule has 0 aliphatic heterocycles. The van der Waals surface area contributed by atoms with Gasteiger partial charge in [0, 0.05) is 0 Å². The second kappa shape index (κ2) is 8.81. The highest BCUT2D eigenvalue weighted by atomic mass is 14.4. The van der Waals surface area contributed by atoms with Crippen LogP contribution in [0.2, 0.25) is 0 Å². The highest BCUT2D eigenvalue weighted by Crippen LogP contribution is 2.48. The third kappa shape index (κ3) is 5.01. The maximum Gasteiger partial charge on any atom is -0.0202 e. The average molecular weight is 289 g/mol. The fourth-order valence-electron chi connectivity index (χ4n) is 4.42. The normalized spacial score (nSPS) is 28.5. The van der Waals surface area contributed by atoms with Crippen LogP contribution in [0.3, 0.4) is 0 Å². The zero-order valence-electron chi connectivity index (χ0n) is 14.4. The number of allylic oxidation sites excluding steroid dienone is 4. The van der Waals surface area contributed by atoms with Crippen molar-refractivity contribution >= 4 is 0 Å². The zero-order chi connectivity index (χ0) is 15.0. The summed E-state index contributed by atoms with van der Waals surface area (Å²) in [6, 6.07) is 0. The highest BCUT2D eigenvalue weighted by Gasteiger charge is 2.34. The van der Waals surface area contributed by atoms with Gasteiger partial charge in [-0.25, -0.2) is 0 Å². The molecule has 120 valence electrons. The number of unbranched alkanes of at least 4 members (excludes halogenated alkanes) is 1. The molecule has 2 rings (SSSR count). The number of hydrogen-bond acceptors (Lipinski definition) is 0. The van der Waals surface area contributed by atoms with Gasteiger partial charge in [-0.3, -0.25) is 0 Å². The van der Waals surface area contributed by atoms with Crippen LogP contribution >= 0.6 is 0 Å². The molecule has 21 heavy (non-hydrogen) atoms. The van der Waals surface area contributed by atoms with Crippen molar-refractivity contribution in [1.29, 1.82) is 0 Å². The first-order valence-corrected chi connectivity index (χ1v) is 9.61. The zero-order valence-corrected chi connectivity index (χ0v) is 14.4. The topological polar surface area (TPSA) is 0 Å². The summed E-state index contributed by atoms with van der Waals surface area (Å²) >= 11 is 0. The van der Waals surface area contributed by atoms with E-state index in [-0.39, 0.29) is 0 Å². The smallest absolute Gasteiger partial charge is 0.0202 e. The predicted octanol–water partition coefficient (Wildman–Crippen LogP) is 7.07. The Bertz CT molecular complexity index is 332. The van der Waals surface area contributed by atoms with Crippen LogP contribution in [-0.2, 0) is 0 Å². The van der Waals surface area contributed by atoms with Gasteiger partial charge in [-0.1, -0.05) is 63.8 Å². The molecule has 0 heteroatoms. The molecule has 0 aromatic rings. The monoisotopic (exact) mass is 288 g/mol. The fourth-order valence-corrected chi connectivity index (χ4v) is 4.42. The summed E-state index contributed by atoms with van der Waals surface area (Å²) in [5.41, 5.74) is 0.709. The number of hydrogen-bond donors (Lipinski definition) is 0. The molecule has 0 N–H and O–H groups in total. The molecule has 0 heterocycles. The van der Waals surface area contributed by atoms with Crippen LogP contribution in [-0.4, -0.2) is 0 Å². The molecule has 2 fully saturated rings. The molecule has 2 aliphatic rings. The van der Waals surface area contributed by atoms with E-state index >= 15 is 0 Å². The lowest BCUT2D eigenvalue weighted by Gasteiger charge is -2.41. The largest absolute Gasteiger partial charge is 0.0885 e. The van der Waals surface area contributed by atoms with Gasteiger partial charge in [-0.15, -0.1) is 0 Å². The lowest BCUT2D eigenvalue weighted by molar-refractivity contribution is 0.122. The molecule has 0 aromatic heterocycles. The third-order valence-corrected chi connectivity index (χ3v) is 5.91. The van der Waals surface area contributed by atoms with Crippen molar-refractivity contribution < 1.29 is 0 Å². The molecule has 0 bridgehead atoms. The van der Waals surface area contributed by atoms with Crippen LogP contribution in [0.4, 0.5) is 0 Å². The van der Waals surface area contributed by atoms with Crippen molar-refractivity contribution in [3.8, 4) is 0 Å². The maximum atomic E-state index is 2.60. The van der Waals surface area contributed by atoms with E-state index in [0.717, 1.165) is 11.8 Å². The number of rotatable bonds is 9. The average Bonchev–Trinajstić information content (AvgIpc) is 2.88. The van der Waals surface area contributed by atoms with Gasteiger partial charge in [0.15, 0.2) is 0 Å². The predicted molar refractivity (Wildman–Crippen MR) is 94.4 cm³/mol. The van der Waals surface area contributed by atoms with Gasteiger partial charge < -0.3 is 0 Å². The molecule has 0 unspecified atom stereocenters. The van der Waals surface area contributed by atoms with E-state index in [1.54, 1.807) is 0 Å². The lowest BCUT2D eigenvalue weighted by atomic mass is 9.64. The van der Waals surface area contributed by atoms with Crippen LogP contribution in [0.25, 0.3) is 0 Å². The first-order chi connectivity index (χ1) is 10.3. The summed E-state index contributed by atoms with van der Waals surface area (Å²) in [4.78, 5) is 0. The highest BCUT2D eigenvalue weighted by molar-refractivity contribution is 5.01. The summed E-state index contributed by atoms with van der Waals surface area (Å²) in [5, 5.41) is 0. The van der Waals surface area contributed by atoms with E-state index in [0.29, 0.717) is 5.41 Å². The summed E-state index contributed by atoms with van der Waals surface area (Å²) < 4.78 is 0. The van der Waals surface area contributed by atoms with Gasteiger partial charge >= 0.3 is 0 Å². The fraction of sp³-hybridized carbons (Fsp3) is 0.810. The Labute approximate surface area is 133 Å². The second-order valence-electron chi connectivity index (χ2n) is 7.59. The van der Waals surface area contributed by atoms with Crippen LogP contribution in [0, 0.1) is 17.3 Å². The first kappa shape index (κ1) is 16.8. The lowest BCUT2D eigenvalue weighted by Crippen LogP contribution is -2.28. The Morgan fingerprint density at radius 3 is 2.48 bits per heavy atom. The van der Waals surface area contributed by atoms with E-state index in [2.05, 4.69) is 38.2 Å². The minimum atomic E-state index is 0.709. The Kier molecular flexibility index (Phi) is 7.07. The Balaban J connectivity index is 1.76. The van der Waals surface area contributed by atoms with Gasteiger partial charge in [-0.2, -0.15) is 0 Å². The summed E-state index contributed by atoms with van der Waals surface area (Å²) in [6.45, 7) is 4.61. The quantitative estimate of drug-likeness (QED) is 0.398. The van der Waals surface area contributed by atoms with Crippen LogP contribution in [0.5, 0.6) is 0 Å². The Morgan fingerprint density at radius 1 is 0.952 bits per heavy atom. The van der Waals surface area contributed by atoms with Gasteiger partial charge in [-0.05, 0) is 68.6 Å². The summed E-state index contributed by atoms with van der Waals surface area (Å²) in [5.74, 6) is 1.80. The minimum Gasteiger partial charge on any atom is -0.0885 e. The Hall–Kier alpha value is -0.520. The molecule has 0 amide bonds. The van der Waals surface area contributed by atoms with E-state index in [1.165, 1.54) is 77.0 Å². The van der Waals surface area contributed by atoms with Crippen LogP contribution < -0.4 is 0 Å². The minimum absolute atomic E-state index is 0.709. The van der Waals surface area contributed by atoms with Gasteiger partial charge in [0.05, 0.1) is 0 Å². The third-order valence-electron chi connectivity index (χ3n) is 5.91. The molecule has 0 spiro atoms. The van der Waals surface area contributed by atoms with Gasteiger partial charge in [0.2, 0.25) is 0 Å². The molecule has 2 aliphatic carbocycles. The van der Waals surface area contributed by atoms with Gasteiger partial charge in [0.1, 0.15) is 0 Å². The van der Waals surface area contributed by atoms with E-state index in [4.69, 9.17) is 0 Å². The molecular formula is C21H36. The molecule has 2 saturated carbocycles. The maximum absolute atomic E-state index is 2.60. The summed E-state index contributed by atoms with van der Waals surface area (Å²) in [6.07, 6.45) is 26.8. The molecular weight excluding hydrogens is 252 g/mol. The van der Waals surface area contributed by atoms with Crippen LogP contribution in [0.1, 0.15) is 90.9 Å². The van der Waals surface area contributed by atoms with E-state index in [9.17, 15) is 0 Å².